The molecule has 0 bridgehead atoms. The summed E-state index contributed by atoms with van der Waals surface area (Å²) in [5, 5.41) is 12.2. The van der Waals surface area contributed by atoms with Crippen molar-refractivity contribution < 1.29 is 9.59 Å². The van der Waals surface area contributed by atoms with Gasteiger partial charge in [-0.1, -0.05) is 24.6 Å². The second-order valence-corrected chi connectivity index (χ2v) is 4.80. The van der Waals surface area contributed by atoms with Crippen LogP contribution >= 0.6 is 11.6 Å². The summed E-state index contributed by atoms with van der Waals surface area (Å²) >= 11 is 5.81. The van der Waals surface area contributed by atoms with Crippen LogP contribution in [0.4, 0.5) is 5.82 Å². The van der Waals surface area contributed by atoms with Gasteiger partial charge in [0.2, 0.25) is 5.91 Å². The fourth-order valence-electron chi connectivity index (χ4n) is 1.76. The molecule has 110 valence electrons. The molecule has 0 fully saturated rings. The van der Waals surface area contributed by atoms with E-state index in [1.807, 2.05) is 6.92 Å². The highest BCUT2D eigenvalue weighted by molar-refractivity contribution is 6.31. The van der Waals surface area contributed by atoms with E-state index in [4.69, 9.17) is 11.6 Å². The number of nitrogens with zero attached hydrogens (tertiary/aromatic N) is 1. The van der Waals surface area contributed by atoms with Gasteiger partial charge >= 0.3 is 0 Å². The van der Waals surface area contributed by atoms with E-state index in [0.29, 0.717) is 16.4 Å². The number of hydrogen-bond acceptors (Lipinski definition) is 3. The van der Waals surface area contributed by atoms with Crippen molar-refractivity contribution in [2.75, 3.05) is 11.9 Å². The first-order valence-corrected chi connectivity index (χ1v) is 6.83. The lowest BCUT2D eigenvalue weighted by molar-refractivity contribution is -0.115. The maximum Gasteiger partial charge on any atom is 0.251 e. The topological polar surface area (TPSA) is 86.9 Å². The number of aryl methyl sites for hydroxylation is 1. The molecule has 0 saturated heterocycles. The molecule has 0 unspecified atom stereocenters. The highest BCUT2D eigenvalue weighted by Gasteiger charge is 2.10. The van der Waals surface area contributed by atoms with E-state index in [1.165, 1.54) is 0 Å². The molecular formula is C14H15ClN4O2. The Morgan fingerprint density at radius 3 is 2.90 bits per heavy atom. The maximum atomic E-state index is 11.9. The summed E-state index contributed by atoms with van der Waals surface area (Å²) in [6.07, 6.45) is 2.40. The fourth-order valence-corrected chi connectivity index (χ4v) is 1.95. The molecule has 0 aliphatic heterocycles. The molecule has 0 saturated carbocycles. The van der Waals surface area contributed by atoms with E-state index < -0.39 is 0 Å². The maximum absolute atomic E-state index is 11.9. The van der Waals surface area contributed by atoms with Gasteiger partial charge in [0.15, 0.2) is 0 Å². The summed E-state index contributed by atoms with van der Waals surface area (Å²) < 4.78 is 0. The van der Waals surface area contributed by atoms with Crippen LogP contribution in [0.2, 0.25) is 5.02 Å². The van der Waals surface area contributed by atoms with Crippen molar-refractivity contribution in [1.82, 2.24) is 15.5 Å². The van der Waals surface area contributed by atoms with Crippen molar-refractivity contribution >= 4 is 29.2 Å². The summed E-state index contributed by atoms with van der Waals surface area (Å²) in [4.78, 5) is 23.6. The molecule has 1 heterocycles. The Hall–Kier alpha value is -2.34. The minimum atomic E-state index is -0.354. The van der Waals surface area contributed by atoms with Crippen LogP contribution in [0.1, 0.15) is 22.8 Å². The number of H-pyrrole nitrogens is 1. The predicted molar refractivity (Wildman–Crippen MR) is 80.4 cm³/mol. The Labute approximate surface area is 126 Å². The third kappa shape index (κ3) is 4.06. The number of rotatable bonds is 5. The van der Waals surface area contributed by atoms with Gasteiger partial charge in [-0.3, -0.25) is 14.7 Å². The first-order chi connectivity index (χ1) is 10.1. The zero-order valence-electron chi connectivity index (χ0n) is 11.4. The van der Waals surface area contributed by atoms with Crippen LogP contribution in [0.25, 0.3) is 0 Å². The molecule has 1 aromatic heterocycles. The third-order valence-corrected chi connectivity index (χ3v) is 3.09. The summed E-state index contributed by atoms with van der Waals surface area (Å²) in [6.45, 7) is 1.83. The molecule has 0 atom stereocenters. The molecule has 2 aromatic rings. The van der Waals surface area contributed by atoms with Crippen LogP contribution in [-0.2, 0) is 11.2 Å². The van der Waals surface area contributed by atoms with Crippen LogP contribution in [0, 0.1) is 0 Å². The van der Waals surface area contributed by atoms with Gasteiger partial charge in [0, 0.05) is 16.1 Å². The second kappa shape index (κ2) is 6.90. The number of anilines is 1. The van der Waals surface area contributed by atoms with Crippen molar-refractivity contribution in [2.45, 2.75) is 13.3 Å². The first-order valence-electron chi connectivity index (χ1n) is 6.46. The van der Waals surface area contributed by atoms with Crippen LogP contribution in [0.5, 0.6) is 0 Å². The SMILES string of the molecule is CCc1cn[nH]c1NC(=O)CNC(=O)c1cccc(Cl)c1. The molecule has 1 aromatic carbocycles. The Bertz CT molecular complexity index is 654. The number of aromatic nitrogens is 2. The average Bonchev–Trinajstić information content (AvgIpc) is 2.92. The normalized spacial score (nSPS) is 10.2. The minimum Gasteiger partial charge on any atom is -0.343 e. The quantitative estimate of drug-likeness (QED) is 0.789. The van der Waals surface area contributed by atoms with Gasteiger partial charge in [0.25, 0.3) is 5.91 Å². The number of hydrogen-bond donors (Lipinski definition) is 3. The molecule has 0 aliphatic rings. The van der Waals surface area contributed by atoms with Crippen molar-refractivity contribution in [2.24, 2.45) is 0 Å². The summed E-state index contributed by atoms with van der Waals surface area (Å²) in [6, 6.07) is 6.52. The van der Waals surface area contributed by atoms with E-state index in [1.54, 1.807) is 30.5 Å². The zero-order valence-corrected chi connectivity index (χ0v) is 12.2. The average molecular weight is 307 g/mol. The molecule has 2 amide bonds. The number of aromatic amines is 1. The van der Waals surface area contributed by atoms with Gasteiger partial charge in [-0.2, -0.15) is 5.10 Å². The standard InChI is InChI=1S/C14H15ClN4O2/c1-2-9-7-17-19-13(9)18-12(20)8-16-14(21)10-4-3-5-11(15)6-10/h3-7H,2,8H2,1H3,(H,16,21)(H2,17,18,19,20). The van der Waals surface area contributed by atoms with Gasteiger partial charge in [0.05, 0.1) is 12.7 Å². The highest BCUT2D eigenvalue weighted by Crippen LogP contribution is 2.11. The summed E-state index contributed by atoms with van der Waals surface area (Å²) in [5.74, 6) is -0.128. The Morgan fingerprint density at radius 2 is 2.19 bits per heavy atom. The number of halogens is 1. The fraction of sp³-hybridized carbons (Fsp3) is 0.214. The summed E-state index contributed by atoms with van der Waals surface area (Å²) in [5.41, 5.74) is 1.32. The molecule has 2 rings (SSSR count). The third-order valence-electron chi connectivity index (χ3n) is 2.86. The number of benzene rings is 1. The predicted octanol–water partition coefficient (Wildman–Crippen LogP) is 1.99. The lowest BCUT2D eigenvalue weighted by Crippen LogP contribution is -2.33. The van der Waals surface area contributed by atoms with Crippen LogP contribution in [0.15, 0.2) is 30.5 Å². The largest absolute Gasteiger partial charge is 0.343 e. The lowest BCUT2D eigenvalue weighted by atomic mass is 10.2. The molecule has 7 heteroatoms. The Morgan fingerprint density at radius 1 is 1.38 bits per heavy atom. The van der Waals surface area contributed by atoms with Gasteiger partial charge in [-0.15, -0.1) is 0 Å². The molecular weight excluding hydrogens is 292 g/mol. The van der Waals surface area contributed by atoms with Crippen LogP contribution in [0.3, 0.4) is 0 Å². The van der Waals surface area contributed by atoms with Crippen molar-refractivity contribution in [1.29, 1.82) is 0 Å². The van der Waals surface area contributed by atoms with Crippen molar-refractivity contribution in [3.63, 3.8) is 0 Å². The highest BCUT2D eigenvalue weighted by atomic mass is 35.5. The van der Waals surface area contributed by atoms with Gasteiger partial charge in [-0.25, -0.2) is 0 Å². The van der Waals surface area contributed by atoms with Crippen molar-refractivity contribution in [3.8, 4) is 0 Å². The van der Waals surface area contributed by atoms with Gasteiger partial charge < -0.3 is 10.6 Å². The molecule has 0 radical (unpaired) electrons. The number of amides is 2. The molecule has 21 heavy (non-hydrogen) atoms. The lowest BCUT2D eigenvalue weighted by Gasteiger charge is -2.07. The van der Waals surface area contributed by atoms with E-state index in [9.17, 15) is 9.59 Å². The monoisotopic (exact) mass is 306 g/mol. The van der Waals surface area contributed by atoms with E-state index in [0.717, 1.165) is 12.0 Å². The van der Waals surface area contributed by atoms with Gasteiger partial charge in [0.1, 0.15) is 5.82 Å². The van der Waals surface area contributed by atoms with Crippen LogP contribution < -0.4 is 10.6 Å². The van der Waals surface area contributed by atoms with E-state index >= 15 is 0 Å². The van der Waals surface area contributed by atoms with Gasteiger partial charge in [-0.05, 0) is 24.6 Å². The van der Waals surface area contributed by atoms with E-state index in [2.05, 4.69) is 20.8 Å². The molecule has 3 N–H and O–H groups in total. The van der Waals surface area contributed by atoms with Crippen molar-refractivity contribution in [3.05, 3.63) is 46.6 Å². The van der Waals surface area contributed by atoms with Crippen LogP contribution in [-0.4, -0.2) is 28.6 Å². The number of nitrogens with one attached hydrogen (secondary N) is 3. The minimum absolute atomic E-state index is 0.131. The second-order valence-electron chi connectivity index (χ2n) is 4.36. The van der Waals surface area contributed by atoms with E-state index in [-0.39, 0.29) is 18.4 Å². The molecule has 0 aliphatic carbocycles. The Balaban J connectivity index is 1.88. The number of carbonyl (C=O) groups excluding carboxylic acids is 2. The zero-order chi connectivity index (χ0) is 15.2. The molecule has 6 nitrogen and oxygen atoms in total. The molecule has 0 spiro atoms. The number of carbonyl (C=O) groups is 2. The Kier molecular flexibility index (Phi) is 4.94. The summed E-state index contributed by atoms with van der Waals surface area (Å²) in [7, 11) is 0. The smallest absolute Gasteiger partial charge is 0.251 e. The first kappa shape index (κ1) is 15.1.